The Bertz CT molecular complexity index is 1150. The zero-order valence-electron chi connectivity index (χ0n) is 26.4. The molecule has 4 rings (SSSR count). The van der Waals surface area contributed by atoms with Crippen LogP contribution in [0.25, 0.3) is 0 Å². The van der Waals surface area contributed by atoms with Gasteiger partial charge in [-0.25, -0.2) is 0 Å². The fraction of sp³-hybridized carbons (Fsp3) is 0.600. The third kappa shape index (κ3) is 5.98. The highest BCUT2D eigenvalue weighted by Crippen LogP contribution is 2.58. The summed E-state index contributed by atoms with van der Waals surface area (Å²) in [5, 5.41) is 2.40. The van der Waals surface area contributed by atoms with E-state index in [4.69, 9.17) is 13.9 Å². The number of carbonyl (C=O) groups excluding carboxylic acids is 2. The molecule has 1 saturated carbocycles. The van der Waals surface area contributed by atoms with Crippen molar-refractivity contribution >= 4 is 30.9 Å². The smallest absolute Gasteiger partial charge is 0.311 e. The van der Waals surface area contributed by atoms with Crippen molar-refractivity contribution < 1.29 is 23.5 Å². The van der Waals surface area contributed by atoms with Crippen LogP contribution in [-0.4, -0.2) is 45.5 Å². The van der Waals surface area contributed by atoms with Gasteiger partial charge in [0.15, 0.2) is 0 Å². The van der Waals surface area contributed by atoms with E-state index in [1.54, 1.807) is 0 Å². The molecule has 2 fully saturated rings. The molecular weight excluding hydrogens is 528 g/mol. The Labute approximate surface area is 248 Å². The zero-order chi connectivity index (χ0) is 30.1. The molecule has 224 valence electrons. The van der Waals surface area contributed by atoms with Gasteiger partial charge in [-0.05, 0) is 67.8 Å². The molecule has 0 aromatic heterocycles. The molecule has 0 amide bonds. The van der Waals surface area contributed by atoms with Gasteiger partial charge in [0.25, 0.3) is 8.32 Å². The van der Waals surface area contributed by atoms with Gasteiger partial charge in [-0.1, -0.05) is 95.3 Å². The molecule has 6 heteroatoms. The molecule has 1 aliphatic carbocycles. The summed E-state index contributed by atoms with van der Waals surface area (Å²) in [4.78, 5) is 24.9. The van der Waals surface area contributed by atoms with Gasteiger partial charge in [0.1, 0.15) is 6.29 Å². The van der Waals surface area contributed by atoms with E-state index in [0.29, 0.717) is 19.6 Å². The van der Waals surface area contributed by atoms with Gasteiger partial charge in [0, 0.05) is 11.3 Å². The van der Waals surface area contributed by atoms with Crippen LogP contribution in [-0.2, 0) is 23.5 Å². The van der Waals surface area contributed by atoms with Crippen LogP contribution in [0, 0.1) is 22.7 Å². The van der Waals surface area contributed by atoms with E-state index in [1.807, 2.05) is 27.7 Å². The summed E-state index contributed by atoms with van der Waals surface area (Å²) in [5.41, 5.74) is -1.48. The van der Waals surface area contributed by atoms with Crippen LogP contribution < -0.4 is 10.4 Å². The molecule has 2 aromatic rings. The Morgan fingerprint density at radius 1 is 0.976 bits per heavy atom. The molecule has 1 saturated heterocycles. The van der Waals surface area contributed by atoms with Crippen molar-refractivity contribution in [3.63, 3.8) is 0 Å². The van der Waals surface area contributed by atoms with Crippen molar-refractivity contribution in [2.45, 2.75) is 97.8 Å². The van der Waals surface area contributed by atoms with Crippen LogP contribution in [0.15, 0.2) is 60.7 Å². The molecule has 2 aliphatic rings. The second-order valence-electron chi connectivity index (χ2n) is 14.7. The number of carbonyl (C=O) groups is 2. The first-order valence-electron chi connectivity index (χ1n) is 15.3. The molecule has 1 heterocycles. The maximum atomic E-state index is 12.5. The lowest BCUT2D eigenvalue weighted by atomic mass is 9.70. The largest absolute Gasteiger partial charge is 0.465 e. The third-order valence-corrected chi connectivity index (χ3v) is 14.7. The summed E-state index contributed by atoms with van der Waals surface area (Å²) < 4.78 is 19.9. The summed E-state index contributed by atoms with van der Waals surface area (Å²) in [6.07, 6.45) is 4.15. The van der Waals surface area contributed by atoms with Crippen LogP contribution in [0.1, 0.15) is 81.1 Å². The highest BCUT2D eigenvalue weighted by atomic mass is 28.4. The van der Waals surface area contributed by atoms with Crippen molar-refractivity contribution in [3.05, 3.63) is 60.7 Å². The maximum absolute atomic E-state index is 12.5. The molecule has 0 radical (unpaired) electrons. The van der Waals surface area contributed by atoms with Crippen LogP contribution in [0.4, 0.5) is 0 Å². The number of hydrogen-bond acceptors (Lipinski definition) is 5. The summed E-state index contributed by atoms with van der Waals surface area (Å²) in [5.74, 6) is 0.0304. The summed E-state index contributed by atoms with van der Waals surface area (Å²) in [6.45, 7) is 17.6. The topological polar surface area (TPSA) is 61.8 Å². The fourth-order valence-corrected chi connectivity index (χ4v) is 12.0. The van der Waals surface area contributed by atoms with Crippen molar-refractivity contribution in [2.75, 3.05) is 13.2 Å². The monoisotopic (exact) mass is 578 g/mol. The molecule has 1 spiro atoms. The average Bonchev–Trinajstić information content (AvgIpc) is 3.40. The van der Waals surface area contributed by atoms with Gasteiger partial charge in [-0.15, -0.1) is 0 Å². The molecule has 41 heavy (non-hydrogen) atoms. The Kier molecular flexibility index (Phi) is 9.09. The van der Waals surface area contributed by atoms with E-state index >= 15 is 0 Å². The minimum Gasteiger partial charge on any atom is -0.465 e. The summed E-state index contributed by atoms with van der Waals surface area (Å²) in [7, 11) is -2.69. The second-order valence-corrected chi connectivity index (χ2v) is 19.0. The Morgan fingerprint density at radius 3 is 2.02 bits per heavy atom. The van der Waals surface area contributed by atoms with Crippen molar-refractivity contribution in [2.24, 2.45) is 22.7 Å². The van der Waals surface area contributed by atoms with Crippen LogP contribution in [0.2, 0.25) is 5.04 Å². The van der Waals surface area contributed by atoms with Crippen molar-refractivity contribution in [1.82, 2.24) is 0 Å². The molecule has 5 nitrogen and oxygen atoms in total. The van der Waals surface area contributed by atoms with Crippen LogP contribution in [0.3, 0.4) is 0 Å². The Hall–Kier alpha value is -2.28. The number of rotatable bonds is 9. The lowest BCUT2D eigenvalue weighted by Crippen LogP contribution is -2.67. The first-order chi connectivity index (χ1) is 19.2. The normalized spacial score (nSPS) is 28.6. The molecule has 0 bridgehead atoms. The van der Waals surface area contributed by atoms with E-state index in [0.717, 1.165) is 25.5 Å². The van der Waals surface area contributed by atoms with Crippen LogP contribution >= 0.6 is 0 Å². The molecule has 1 aliphatic heterocycles. The number of benzene rings is 2. The predicted molar refractivity (Wildman–Crippen MR) is 167 cm³/mol. The van der Waals surface area contributed by atoms with E-state index in [9.17, 15) is 9.59 Å². The molecular formula is C35H50O5Si. The van der Waals surface area contributed by atoms with Gasteiger partial charge >= 0.3 is 5.97 Å². The minimum absolute atomic E-state index is 0.0202. The van der Waals surface area contributed by atoms with E-state index in [1.165, 1.54) is 10.4 Å². The fourth-order valence-electron chi connectivity index (χ4n) is 7.45. The minimum atomic E-state index is -2.69. The molecule has 0 unspecified atom stereocenters. The molecule has 2 aromatic carbocycles. The van der Waals surface area contributed by atoms with Gasteiger partial charge < -0.3 is 18.7 Å². The molecule has 5 atom stereocenters. The number of ether oxygens (including phenoxy) is 2. The Morgan fingerprint density at radius 2 is 1.54 bits per heavy atom. The number of hydrogen-bond donors (Lipinski definition) is 0. The van der Waals surface area contributed by atoms with Gasteiger partial charge in [-0.2, -0.15) is 0 Å². The third-order valence-electron chi connectivity index (χ3n) is 9.70. The van der Waals surface area contributed by atoms with E-state index in [-0.39, 0.29) is 28.9 Å². The van der Waals surface area contributed by atoms with E-state index < -0.39 is 24.7 Å². The van der Waals surface area contributed by atoms with Crippen molar-refractivity contribution in [1.29, 1.82) is 0 Å². The first kappa shape index (κ1) is 31.6. The summed E-state index contributed by atoms with van der Waals surface area (Å²) >= 11 is 0. The van der Waals surface area contributed by atoms with E-state index in [2.05, 4.69) is 88.4 Å². The van der Waals surface area contributed by atoms with Gasteiger partial charge in [-0.3, -0.25) is 4.79 Å². The van der Waals surface area contributed by atoms with Gasteiger partial charge in [0.2, 0.25) is 0 Å². The highest BCUT2D eigenvalue weighted by molar-refractivity contribution is 6.99. The lowest BCUT2D eigenvalue weighted by Gasteiger charge is -2.43. The Balaban J connectivity index is 1.59. The maximum Gasteiger partial charge on any atom is 0.311 e. The standard InChI is InChI=1S/C35H50O5Si/c1-26-23-27(40-35(26)21-20-34(8,25-36)30(35)19-22-38-31(37)32(2,3)4)24-39-41(33(5,6)7,28-15-11-9-12-16-28)29-17-13-10-14-18-29/h9-18,25-27,30H,19-24H2,1-8H3/t26-,27+,30+,34+,35-/m0/s1. The predicted octanol–water partition coefficient (Wildman–Crippen LogP) is 6.32. The first-order valence-corrected chi connectivity index (χ1v) is 17.2. The summed E-state index contributed by atoms with van der Waals surface area (Å²) in [6, 6.07) is 21.4. The quantitative estimate of drug-likeness (QED) is 0.198. The number of aldehydes is 1. The zero-order valence-corrected chi connectivity index (χ0v) is 27.4. The van der Waals surface area contributed by atoms with Gasteiger partial charge in [0.05, 0.1) is 30.3 Å². The highest BCUT2D eigenvalue weighted by Gasteiger charge is 2.61. The van der Waals surface area contributed by atoms with Crippen molar-refractivity contribution in [3.8, 4) is 0 Å². The number of esters is 1. The second kappa shape index (κ2) is 11.8. The lowest BCUT2D eigenvalue weighted by molar-refractivity contribution is -0.155. The SMILES string of the molecule is C[C@H]1C[C@H](CO[Si](c2ccccc2)(c2ccccc2)C(C)(C)C)O[C@@]12CC[C@](C)(C=O)[C@H]2CCOC(=O)C(C)(C)C. The molecule has 0 N–H and O–H groups in total. The van der Waals surface area contributed by atoms with Crippen LogP contribution in [0.5, 0.6) is 0 Å². The average molecular weight is 579 g/mol.